The maximum absolute atomic E-state index is 4.45. The molecule has 2 aromatic rings. The number of allylic oxidation sites excluding steroid dienone is 9. The van der Waals surface area contributed by atoms with Gasteiger partial charge in [0.05, 0.1) is 0 Å². The molecule has 0 saturated heterocycles. The van der Waals surface area contributed by atoms with Crippen LogP contribution in [-0.4, -0.2) is 6.21 Å². The van der Waals surface area contributed by atoms with Gasteiger partial charge in [-0.05, 0) is 92.8 Å². The third-order valence-electron chi connectivity index (χ3n) is 9.04. The summed E-state index contributed by atoms with van der Waals surface area (Å²) in [6.07, 6.45) is 29.7. The number of benzene rings is 2. The van der Waals surface area contributed by atoms with Crippen molar-refractivity contribution < 1.29 is 0 Å². The van der Waals surface area contributed by atoms with E-state index in [-0.39, 0.29) is 0 Å². The van der Waals surface area contributed by atoms with Crippen LogP contribution in [0.1, 0.15) is 44.6 Å². The van der Waals surface area contributed by atoms with E-state index in [0.29, 0.717) is 17.8 Å². The molecule has 0 aromatic heterocycles. The molecule has 5 aliphatic rings. The Balaban J connectivity index is 1.51. The van der Waals surface area contributed by atoms with Crippen molar-refractivity contribution in [2.45, 2.75) is 45.4 Å². The molecule has 3 atom stereocenters. The summed E-state index contributed by atoms with van der Waals surface area (Å²) in [5.74, 6) is 1.13. The van der Waals surface area contributed by atoms with Crippen LogP contribution in [0, 0.1) is 17.8 Å². The van der Waals surface area contributed by atoms with Crippen molar-refractivity contribution in [1.82, 2.24) is 0 Å². The summed E-state index contributed by atoms with van der Waals surface area (Å²) in [6, 6.07) is 16.2. The fourth-order valence-electron chi connectivity index (χ4n) is 7.32. The Morgan fingerprint density at radius 2 is 1.58 bits per heavy atom. The van der Waals surface area contributed by atoms with Gasteiger partial charge in [-0.2, -0.15) is 0 Å². The number of nitrogens with zero attached hydrogens (tertiary/aromatic N) is 1. The SMILES string of the molecule is CCc1cccc2c1=CCCC=2C1=c2ccccc2=C(C2=CC(C3C=NC=CC3)=CCC2)C2C=CC=CC12. The topological polar surface area (TPSA) is 12.4 Å². The molecule has 0 spiro atoms. The average molecular weight is 494 g/mol. The summed E-state index contributed by atoms with van der Waals surface area (Å²) in [4.78, 5) is 4.45. The second-order valence-electron chi connectivity index (χ2n) is 11.1. The molecule has 0 fully saturated rings. The number of fused-ring (bicyclic) bond motifs is 3. The summed E-state index contributed by atoms with van der Waals surface area (Å²) in [7, 11) is 0. The molecule has 0 saturated carbocycles. The molecular formula is C37H35N. The molecular weight excluding hydrogens is 458 g/mol. The van der Waals surface area contributed by atoms with Crippen LogP contribution in [0.5, 0.6) is 0 Å². The van der Waals surface area contributed by atoms with Crippen molar-refractivity contribution in [1.29, 1.82) is 0 Å². The fraction of sp³-hybridized carbons (Fsp3) is 0.270. The molecule has 1 aliphatic heterocycles. The first-order valence-electron chi connectivity index (χ1n) is 14.4. The van der Waals surface area contributed by atoms with Crippen LogP contribution in [-0.2, 0) is 6.42 Å². The number of aliphatic imine (C=N–C) groups is 1. The van der Waals surface area contributed by atoms with Crippen molar-refractivity contribution in [3.05, 3.63) is 129 Å². The molecule has 1 heteroatoms. The molecule has 4 aliphatic carbocycles. The Labute approximate surface area is 225 Å². The lowest BCUT2D eigenvalue weighted by Gasteiger charge is -2.36. The zero-order valence-corrected chi connectivity index (χ0v) is 22.2. The van der Waals surface area contributed by atoms with Gasteiger partial charge in [-0.25, -0.2) is 0 Å². The molecule has 38 heavy (non-hydrogen) atoms. The highest BCUT2D eigenvalue weighted by atomic mass is 14.7. The standard InChI is InChI=1S/C37H35N/c1-2-25-11-8-20-30-29(25)19-9-21-31(30)37-34-17-5-3-15-32(34)36(33-16-4-6-18-35(33)37)27-13-7-12-26(23-27)28-14-10-22-38-24-28/h3-6,8,10-12,15-20,22-24,28,32,34H,2,7,9,13-14,21H2,1H3. The Morgan fingerprint density at radius 3 is 2.37 bits per heavy atom. The summed E-state index contributed by atoms with van der Waals surface area (Å²) in [5.41, 5.74) is 9.07. The van der Waals surface area contributed by atoms with E-state index >= 15 is 0 Å². The highest BCUT2D eigenvalue weighted by Gasteiger charge is 2.34. The molecule has 0 bridgehead atoms. The van der Waals surface area contributed by atoms with Crippen LogP contribution >= 0.6 is 0 Å². The molecule has 0 N–H and O–H groups in total. The Kier molecular flexibility index (Phi) is 6.08. The Morgan fingerprint density at radius 1 is 0.816 bits per heavy atom. The van der Waals surface area contributed by atoms with Gasteiger partial charge in [-0.3, -0.25) is 4.99 Å². The normalized spacial score (nSPS) is 25.3. The summed E-state index contributed by atoms with van der Waals surface area (Å²) >= 11 is 0. The van der Waals surface area contributed by atoms with Gasteiger partial charge in [0.1, 0.15) is 0 Å². The van der Waals surface area contributed by atoms with Crippen LogP contribution in [0.3, 0.4) is 0 Å². The van der Waals surface area contributed by atoms with Crippen LogP contribution in [0.4, 0.5) is 0 Å². The van der Waals surface area contributed by atoms with E-state index in [2.05, 4.69) is 109 Å². The highest BCUT2D eigenvalue weighted by molar-refractivity contribution is 5.94. The van der Waals surface area contributed by atoms with Gasteiger partial charge < -0.3 is 0 Å². The first kappa shape index (κ1) is 23.4. The molecule has 0 amide bonds. The zero-order valence-electron chi connectivity index (χ0n) is 22.2. The maximum atomic E-state index is 4.45. The number of hydrogen-bond donors (Lipinski definition) is 0. The van der Waals surface area contributed by atoms with E-state index in [1.807, 2.05) is 6.20 Å². The van der Waals surface area contributed by atoms with Crippen LogP contribution in [0.2, 0.25) is 0 Å². The Hall–Kier alpha value is -3.71. The monoisotopic (exact) mass is 493 g/mol. The fourth-order valence-corrected chi connectivity index (χ4v) is 7.32. The molecule has 2 aromatic carbocycles. The molecule has 0 radical (unpaired) electrons. The van der Waals surface area contributed by atoms with Crippen LogP contribution < -0.4 is 20.9 Å². The summed E-state index contributed by atoms with van der Waals surface area (Å²) in [5, 5.41) is 5.80. The molecule has 7 rings (SSSR count). The minimum atomic E-state index is 0.366. The minimum absolute atomic E-state index is 0.366. The second kappa shape index (κ2) is 9.87. The third kappa shape index (κ3) is 3.88. The highest BCUT2D eigenvalue weighted by Crippen LogP contribution is 2.43. The van der Waals surface area contributed by atoms with Gasteiger partial charge in [-0.1, -0.05) is 98.0 Å². The maximum Gasteiger partial charge on any atom is 0.0225 e. The van der Waals surface area contributed by atoms with Gasteiger partial charge in [-0.15, -0.1) is 0 Å². The first-order valence-corrected chi connectivity index (χ1v) is 14.4. The lowest BCUT2D eigenvalue weighted by Crippen LogP contribution is -2.43. The quantitative estimate of drug-likeness (QED) is 0.526. The van der Waals surface area contributed by atoms with Gasteiger partial charge in [0.2, 0.25) is 0 Å². The van der Waals surface area contributed by atoms with Gasteiger partial charge in [0.25, 0.3) is 0 Å². The minimum Gasteiger partial charge on any atom is -0.269 e. The van der Waals surface area contributed by atoms with E-state index in [0.717, 1.165) is 38.5 Å². The van der Waals surface area contributed by atoms with E-state index in [1.165, 1.54) is 43.2 Å². The third-order valence-corrected chi connectivity index (χ3v) is 9.04. The average Bonchev–Trinajstić information content (AvgIpc) is 3.00. The van der Waals surface area contributed by atoms with Crippen LogP contribution in [0.25, 0.3) is 22.8 Å². The largest absolute Gasteiger partial charge is 0.269 e. The number of rotatable bonds is 4. The predicted molar refractivity (Wildman–Crippen MR) is 161 cm³/mol. The summed E-state index contributed by atoms with van der Waals surface area (Å²) in [6.45, 7) is 2.28. The van der Waals surface area contributed by atoms with Crippen LogP contribution in [0.15, 0.2) is 107 Å². The predicted octanol–water partition coefficient (Wildman–Crippen LogP) is 5.60. The number of hydrogen-bond acceptors (Lipinski definition) is 1. The van der Waals surface area contributed by atoms with E-state index in [4.69, 9.17) is 0 Å². The summed E-state index contributed by atoms with van der Waals surface area (Å²) < 4.78 is 0. The van der Waals surface area contributed by atoms with Gasteiger partial charge in [0, 0.05) is 30.2 Å². The molecule has 3 unspecified atom stereocenters. The molecule has 1 nitrogen and oxygen atoms in total. The molecule has 1 heterocycles. The van der Waals surface area contributed by atoms with E-state index in [1.54, 1.807) is 11.1 Å². The van der Waals surface area contributed by atoms with E-state index in [9.17, 15) is 0 Å². The Bertz CT molecular complexity index is 1730. The van der Waals surface area contributed by atoms with Crippen molar-refractivity contribution in [3.63, 3.8) is 0 Å². The van der Waals surface area contributed by atoms with Crippen molar-refractivity contribution in [3.8, 4) is 0 Å². The molecule has 188 valence electrons. The first-order chi connectivity index (χ1) is 18.8. The van der Waals surface area contributed by atoms with Gasteiger partial charge >= 0.3 is 0 Å². The lowest BCUT2D eigenvalue weighted by atomic mass is 9.67. The number of aryl methyl sites for hydroxylation is 1. The van der Waals surface area contributed by atoms with Gasteiger partial charge in [0.15, 0.2) is 0 Å². The lowest BCUT2D eigenvalue weighted by molar-refractivity contribution is 0.679. The second-order valence-corrected chi connectivity index (χ2v) is 11.1. The zero-order chi connectivity index (χ0) is 25.5. The smallest absolute Gasteiger partial charge is 0.0225 e. The van der Waals surface area contributed by atoms with Crippen molar-refractivity contribution in [2.75, 3.05) is 0 Å². The van der Waals surface area contributed by atoms with E-state index < -0.39 is 0 Å². The van der Waals surface area contributed by atoms with Crippen molar-refractivity contribution in [2.24, 2.45) is 22.7 Å². The van der Waals surface area contributed by atoms with Crippen molar-refractivity contribution >= 4 is 29.0 Å².